The van der Waals surface area contributed by atoms with Gasteiger partial charge in [-0.2, -0.15) is 5.10 Å². The predicted molar refractivity (Wildman–Crippen MR) is 132 cm³/mol. The molecular formula is C25H27N3O5S. The average molecular weight is 482 g/mol. The van der Waals surface area contributed by atoms with Gasteiger partial charge in [-0.15, -0.1) is 0 Å². The maximum Gasteiger partial charge on any atom is 0.264 e. The van der Waals surface area contributed by atoms with Gasteiger partial charge in [-0.3, -0.25) is 9.10 Å². The van der Waals surface area contributed by atoms with Gasteiger partial charge in [0.05, 0.1) is 30.5 Å². The summed E-state index contributed by atoms with van der Waals surface area (Å²) >= 11 is 0. The lowest BCUT2D eigenvalue weighted by atomic mass is 10.1. The highest BCUT2D eigenvalue weighted by Gasteiger charge is 2.28. The Bertz CT molecular complexity index is 1270. The molecular weight excluding hydrogens is 454 g/mol. The van der Waals surface area contributed by atoms with Crippen LogP contribution >= 0.6 is 0 Å². The minimum atomic E-state index is -4.11. The van der Waals surface area contributed by atoms with E-state index in [2.05, 4.69) is 10.5 Å². The van der Waals surface area contributed by atoms with Crippen molar-refractivity contribution in [2.45, 2.75) is 18.7 Å². The molecule has 178 valence electrons. The number of para-hydroxylation sites is 1. The van der Waals surface area contributed by atoms with Gasteiger partial charge >= 0.3 is 0 Å². The molecule has 8 nitrogen and oxygen atoms in total. The predicted octanol–water partition coefficient (Wildman–Crippen LogP) is 3.75. The first-order valence-corrected chi connectivity index (χ1v) is 11.9. The number of nitrogens with one attached hydrogen (secondary N) is 1. The van der Waals surface area contributed by atoms with Gasteiger partial charge in [-0.05, 0) is 43.7 Å². The number of hydrogen-bond donors (Lipinski definition) is 1. The fourth-order valence-electron chi connectivity index (χ4n) is 3.18. The van der Waals surface area contributed by atoms with Gasteiger partial charge in [0.25, 0.3) is 15.9 Å². The van der Waals surface area contributed by atoms with Crippen molar-refractivity contribution in [3.63, 3.8) is 0 Å². The van der Waals surface area contributed by atoms with E-state index >= 15 is 0 Å². The first-order chi connectivity index (χ1) is 16.3. The highest BCUT2D eigenvalue weighted by molar-refractivity contribution is 7.92. The SMILES string of the molecule is COc1ccc(S(=O)(=O)N(CC(=O)N/N=C(/C)c2ccc(C)cc2)c2ccccc2)cc1OC. The zero-order valence-corrected chi connectivity index (χ0v) is 20.3. The molecule has 0 saturated heterocycles. The molecule has 0 radical (unpaired) electrons. The number of aryl methyl sites for hydroxylation is 1. The quantitative estimate of drug-likeness (QED) is 0.371. The summed E-state index contributed by atoms with van der Waals surface area (Å²) in [5.41, 5.74) is 5.36. The molecule has 0 aromatic heterocycles. The van der Waals surface area contributed by atoms with Gasteiger partial charge in [-0.1, -0.05) is 48.0 Å². The van der Waals surface area contributed by atoms with Crippen LogP contribution in [0.5, 0.6) is 11.5 Å². The number of nitrogens with zero attached hydrogens (tertiary/aromatic N) is 2. The van der Waals surface area contributed by atoms with Gasteiger partial charge in [0, 0.05) is 6.07 Å². The molecule has 0 saturated carbocycles. The number of sulfonamides is 1. The number of methoxy groups -OCH3 is 2. The van der Waals surface area contributed by atoms with Crippen LogP contribution in [0.25, 0.3) is 0 Å². The summed E-state index contributed by atoms with van der Waals surface area (Å²) in [6.45, 7) is 3.28. The van der Waals surface area contributed by atoms with Gasteiger partial charge in [0.1, 0.15) is 6.54 Å². The molecule has 0 heterocycles. The third-order valence-electron chi connectivity index (χ3n) is 5.09. The van der Waals surface area contributed by atoms with Crippen molar-refractivity contribution in [3.05, 3.63) is 83.9 Å². The summed E-state index contributed by atoms with van der Waals surface area (Å²) < 4.78 is 38.6. The van der Waals surface area contributed by atoms with Crippen LogP contribution in [0.4, 0.5) is 5.69 Å². The van der Waals surface area contributed by atoms with Crippen LogP contribution in [0.1, 0.15) is 18.1 Å². The van der Waals surface area contributed by atoms with Crippen LogP contribution in [0.3, 0.4) is 0 Å². The molecule has 3 aromatic rings. The molecule has 0 fully saturated rings. The maximum atomic E-state index is 13.5. The van der Waals surface area contributed by atoms with E-state index in [4.69, 9.17) is 9.47 Å². The summed E-state index contributed by atoms with van der Waals surface area (Å²) in [6, 6.07) is 20.4. The molecule has 1 N–H and O–H groups in total. The Labute approximate surface area is 199 Å². The Morgan fingerprint density at radius 2 is 1.59 bits per heavy atom. The Balaban J connectivity index is 1.89. The largest absolute Gasteiger partial charge is 0.493 e. The van der Waals surface area contributed by atoms with Gasteiger partial charge in [0.15, 0.2) is 11.5 Å². The molecule has 0 bridgehead atoms. The molecule has 3 rings (SSSR count). The minimum absolute atomic E-state index is 0.0406. The Morgan fingerprint density at radius 1 is 0.941 bits per heavy atom. The van der Waals surface area contributed by atoms with E-state index in [-0.39, 0.29) is 10.6 Å². The summed E-state index contributed by atoms with van der Waals surface area (Å²) in [5, 5.41) is 4.13. The van der Waals surface area contributed by atoms with E-state index in [9.17, 15) is 13.2 Å². The van der Waals surface area contributed by atoms with E-state index in [0.29, 0.717) is 17.1 Å². The molecule has 0 aliphatic heterocycles. The number of carbonyl (C=O) groups is 1. The topological polar surface area (TPSA) is 97.3 Å². The summed E-state index contributed by atoms with van der Waals surface area (Å²) in [6.07, 6.45) is 0. The molecule has 0 unspecified atom stereocenters. The molecule has 9 heteroatoms. The second-order valence-corrected chi connectivity index (χ2v) is 9.32. The average Bonchev–Trinajstić information content (AvgIpc) is 2.86. The van der Waals surface area contributed by atoms with Crippen LogP contribution in [-0.4, -0.2) is 40.8 Å². The monoisotopic (exact) mass is 481 g/mol. The maximum absolute atomic E-state index is 13.5. The number of carbonyl (C=O) groups excluding carboxylic acids is 1. The van der Waals surface area contributed by atoms with Crippen LogP contribution in [0.15, 0.2) is 82.8 Å². The number of hydrazone groups is 1. The lowest BCUT2D eigenvalue weighted by Gasteiger charge is -2.24. The fraction of sp³-hybridized carbons (Fsp3) is 0.200. The van der Waals surface area contributed by atoms with Crippen molar-refractivity contribution < 1.29 is 22.7 Å². The van der Waals surface area contributed by atoms with Crippen molar-refractivity contribution in [3.8, 4) is 11.5 Å². The van der Waals surface area contributed by atoms with Crippen molar-refractivity contribution in [2.75, 3.05) is 25.1 Å². The van der Waals surface area contributed by atoms with E-state index in [1.54, 1.807) is 37.3 Å². The lowest BCUT2D eigenvalue weighted by molar-refractivity contribution is -0.119. The molecule has 1 amide bonds. The number of hydrogen-bond acceptors (Lipinski definition) is 6. The first-order valence-electron chi connectivity index (χ1n) is 10.5. The van der Waals surface area contributed by atoms with E-state index in [0.717, 1.165) is 15.4 Å². The van der Waals surface area contributed by atoms with Gasteiger partial charge in [0.2, 0.25) is 0 Å². The van der Waals surface area contributed by atoms with Crippen molar-refractivity contribution in [1.29, 1.82) is 0 Å². The normalized spacial score (nSPS) is 11.6. The smallest absolute Gasteiger partial charge is 0.264 e. The molecule has 3 aromatic carbocycles. The molecule has 0 aliphatic carbocycles. The standard InChI is InChI=1S/C25H27N3O5S/c1-18-10-12-20(13-11-18)19(2)26-27-25(29)17-28(21-8-6-5-7-9-21)34(30,31)22-14-15-23(32-3)24(16-22)33-4/h5-16H,17H2,1-4H3,(H,27,29)/b26-19-. The summed E-state index contributed by atoms with van der Waals surface area (Å²) in [7, 11) is -1.23. The van der Waals surface area contributed by atoms with Crippen LogP contribution in [0, 0.1) is 6.92 Å². The molecule has 0 spiro atoms. The fourth-order valence-corrected chi connectivity index (χ4v) is 4.62. The second kappa shape index (κ2) is 10.8. The third kappa shape index (κ3) is 5.74. The minimum Gasteiger partial charge on any atom is -0.493 e. The molecule has 0 aliphatic rings. The summed E-state index contributed by atoms with van der Waals surface area (Å²) in [5.74, 6) is 0.0742. The first kappa shape index (κ1) is 24.8. The number of amides is 1. The summed E-state index contributed by atoms with van der Waals surface area (Å²) in [4.78, 5) is 12.7. The lowest BCUT2D eigenvalue weighted by Crippen LogP contribution is -2.39. The number of benzene rings is 3. The van der Waals surface area contributed by atoms with Crippen molar-refractivity contribution >= 4 is 27.3 Å². The zero-order valence-electron chi connectivity index (χ0n) is 19.5. The molecule has 34 heavy (non-hydrogen) atoms. The number of rotatable bonds is 9. The van der Waals surface area contributed by atoms with Gasteiger partial charge < -0.3 is 9.47 Å². The number of ether oxygens (including phenoxy) is 2. The molecule has 0 atom stereocenters. The van der Waals surface area contributed by atoms with E-state index < -0.39 is 22.5 Å². The zero-order chi connectivity index (χ0) is 24.7. The highest BCUT2D eigenvalue weighted by atomic mass is 32.2. The van der Waals surface area contributed by atoms with E-state index in [1.807, 2.05) is 31.2 Å². The van der Waals surface area contributed by atoms with Crippen molar-refractivity contribution in [1.82, 2.24) is 5.43 Å². The Kier molecular flexibility index (Phi) is 7.91. The van der Waals surface area contributed by atoms with Crippen molar-refractivity contribution in [2.24, 2.45) is 5.10 Å². The Morgan fingerprint density at radius 3 is 2.21 bits per heavy atom. The Hall–Kier alpha value is -3.85. The second-order valence-electron chi connectivity index (χ2n) is 7.46. The number of anilines is 1. The van der Waals surface area contributed by atoms with E-state index in [1.165, 1.54) is 32.4 Å². The van der Waals surface area contributed by atoms with Crippen LogP contribution < -0.4 is 19.2 Å². The highest BCUT2D eigenvalue weighted by Crippen LogP contribution is 2.32. The van der Waals surface area contributed by atoms with Crippen LogP contribution in [0.2, 0.25) is 0 Å². The third-order valence-corrected chi connectivity index (χ3v) is 6.86. The van der Waals surface area contributed by atoms with Crippen LogP contribution in [-0.2, 0) is 14.8 Å². The van der Waals surface area contributed by atoms with Gasteiger partial charge in [-0.25, -0.2) is 13.8 Å².